The summed E-state index contributed by atoms with van der Waals surface area (Å²) in [6.07, 6.45) is 12.8. The van der Waals surface area contributed by atoms with Crippen LogP contribution in [0.3, 0.4) is 0 Å². The zero-order chi connectivity index (χ0) is 18.0. The van der Waals surface area contributed by atoms with Crippen LogP contribution in [-0.2, 0) is 19.1 Å². The summed E-state index contributed by atoms with van der Waals surface area (Å²) in [4.78, 5) is 23.2. The van der Waals surface area contributed by atoms with Crippen LogP contribution in [-0.4, -0.2) is 24.6 Å². The van der Waals surface area contributed by atoms with Gasteiger partial charge in [-0.3, -0.25) is 9.59 Å². The van der Waals surface area contributed by atoms with Gasteiger partial charge in [-0.15, -0.1) is 0 Å². The molecule has 0 aromatic rings. The Bertz CT molecular complexity index is 315. The molecule has 4 nitrogen and oxygen atoms in total. The summed E-state index contributed by atoms with van der Waals surface area (Å²) < 4.78 is 10.7. The number of unbranched alkanes of at least 4 members (excludes halogenated alkanes) is 7. The Hall–Kier alpha value is -1.06. The van der Waals surface area contributed by atoms with E-state index in [1.165, 1.54) is 38.5 Å². The fourth-order valence-electron chi connectivity index (χ4n) is 2.59. The molecule has 0 fully saturated rings. The van der Waals surface area contributed by atoms with Crippen LogP contribution in [0, 0.1) is 0 Å². The molecule has 0 heterocycles. The summed E-state index contributed by atoms with van der Waals surface area (Å²) in [7, 11) is 0. The first-order valence-electron chi connectivity index (χ1n) is 9.99. The van der Waals surface area contributed by atoms with Crippen molar-refractivity contribution in [2.24, 2.45) is 0 Å². The molecule has 0 spiro atoms. The number of hydrogen-bond acceptors (Lipinski definition) is 4. The maximum Gasteiger partial charge on any atom is 0.306 e. The summed E-state index contributed by atoms with van der Waals surface area (Å²) in [5.41, 5.74) is 0. The molecule has 0 saturated carbocycles. The van der Waals surface area contributed by atoms with E-state index >= 15 is 0 Å². The highest BCUT2D eigenvalue weighted by atomic mass is 16.6. The molecular weight excluding hydrogens is 304 g/mol. The minimum atomic E-state index is -0.287. The molecule has 0 aliphatic heterocycles. The lowest BCUT2D eigenvalue weighted by atomic mass is 10.1. The Morgan fingerprint density at radius 1 is 0.708 bits per heavy atom. The normalized spacial score (nSPS) is 12.0. The summed E-state index contributed by atoms with van der Waals surface area (Å²) in [5.74, 6) is -0.390. The van der Waals surface area contributed by atoms with E-state index in [-0.39, 0.29) is 24.6 Å². The van der Waals surface area contributed by atoms with Gasteiger partial charge >= 0.3 is 11.9 Å². The van der Waals surface area contributed by atoms with Crippen LogP contribution in [0.1, 0.15) is 104 Å². The zero-order valence-corrected chi connectivity index (χ0v) is 16.1. The second-order valence-electron chi connectivity index (χ2n) is 6.56. The summed E-state index contributed by atoms with van der Waals surface area (Å²) >= 11 is 0. The van der Waals surface area contributed by atoms with Crippen molar-refractivity contribution in [3.8, 4) is 0 Å². The Labute approximate surface area is 148 Å². The average molecular weight is 343 g/mol. The first kappa shape index (κ1) is 22.9. The van der Waals surface area contributed by atoms with Crippen molar-refractivity contribution in [1.82, 2.24) is 0 Å². The van der Waals surface area contributed by atoms with Gasteiger partial charge in [-0.05, 0) is 25.7 Å². The van der Waals surface area contributed by atoms with Crippen molar-refractivity contribution in [2.75, 3.05) is 6.61 Å². The molecule has 0 bridgehead atoms. The number of ether oxygens (including phenoxy) is 2. The quantitative estimate of drug-likeness (QED) is 0.272. The first-order chi connectivity index (χ1) is 11.6. The van der Waals surface area contributed by atoms with Crippen LogP contribution in [0.4, 0.5) is 0 Å². The number of carbonyl (C=O) groups excluding carboxylic acids is 2. The van der Waals surface area contributed by atoms with Crippen LogP contribution in [0.5, 0.6) is 0 Å². The largest absolute Gasteiger partial charge is 0.462 e. The van der Waals surface area contributed by atoms with E-state index in [1.54, 1.807) is 0 Å². The van der Waals surface area contributed by atoms with Crippen molar-refractivity contribution in [3.63, 3.8) is 0 Å². The maximum absolute atomic E-state index is 11.7. The lowest BCUT2D eigenvalue weighted by Crippen LogP contribution is -2.25. The summed E-state index contributed by atoms with van der Waals surface area (Å²) in [5, 5.41) is 0. The highest BCUT2D eigenvalue weighted by Gasteiger charge is 2.16. The van der Waals surface area contributed by atoms with Gasteiger partial charge in [-0.2, -0.15) is 0 Å². The minimum absolute atomic E-state index is 0.186. The molecule has 4 heteroatoms. The molecular formula is C20H38O4. The third kappa shape index (κ3) is 14.5. The van der Waals surface area contributed by atoms with E-state index in [4.69, 9.17) is 9.47 Å². The van der Waals surface area contributed by atoms with Crippen LogP contribution in [0.25, 0.3) is 0 Å². The van der Waals surface area contributed by atoms with Crippen LogP contribution < -0.4 is 0 Å². The Morgan fingerprint density at radius 2 is 1.25 bits per heavy atom. The van der Waals surface area contributed by atoms with Crippen molar-refractivity contribution in [3.05, 3.63) is 0 Å². The monoisotopic (exact) mass is 342 g/mol. The van der Waals surface area contributed by atoms with E-state index in [0.29, 0.717) is 12.8 Å². The van der Waals surface area contributed by atoms with Gasteiger partial charge in [0.25, 0.3) is 0 Å². The molecule has 0 N–H and O–H groups in total. The van der Waals surface area contributed by atoms with Gasteiger partial charge < -0.3 is 9.47 Å². The van der Waals surface area contributed by atoms with Gasteiger partial charge in [0.1, 0.15) is 12.7 Å². The molecule has 0 saturated heterocycles. The highest BCUT2D eigenvalue weighted by molar-refractivity contribution is 5.70. The minimum Gasteiger partial charge on any atom is -0.462 e. The van der Waals surface area contributed by atoms with Crippen LogP contribution in [0.15, 0.2) is 0 Å². The lowest BCUT2D eigenvalue weighted by Gasteiger charge is -2.18. The van der Waals surface area contributed by atoms with Crippen molar-refractivity contribution in [1.29, 1.82) is 0 Å². The fraction of sp³-hybridized carbons (Fsp3) is 0.900. The maximum atomic E-state index is 11.7. The van der Waals surface area contributed by atoms with Gasteiger partial charge in [0.05, 0.1) is 0 Å². The third-order valence-corrected chi connectivity index (χ3v) is 4.02. The third-order valence-electron chi connectivity index (χ3n) is 4.02. The van der Waals surface area contributed by atoms with Gasteiger partial charge in [-0.1, -0.05) is 65.7 Å². The molecule has 0 aromatic heterocycles. The molecule has 0 radical (unpaired) electrons. The molecule has 0 aromatic carbocycles. The van der Waals surface area contributed by atoms with Crippen LogP contribution in [0.2, 0.25) is 0 Å². The van der Waals surface area contributed by atoms with Gasteiger partial charge in [0.15, 0.2) is 0 Å². The Morgan fingerprint density at radius 3 is 1.83 bits per heavy atom. The SMILES string of the molecule is CCCCCCCCCCC(COC(=O)CCC)OC(=O)CCC. The Kier molecular flexibility index (Phi) is 16.0. The number of esters is 2. The van der Waals surface area contributed by atoms with Gasteiger partial charge in [-0.25, -0.2) is 0 Å². The second kappa shape index (κ2) is 16.8. The highest BCUT2D eigenvalue weighted by Crippen LogP contribution is 2.13. The molecule has 0 rings (SSSR count). The zero-order valence-electron chi connectivity index (χ0n) is 16.1. The molecule has 1 unspecified atom stereocenters. The smallest absolute Gasteiger partial charge is 0.306 e. The molecule has 0 amide bonds. The topological polar surface area (TPSA) is 52.6 Å². The van der Waals surface area contributed by atoms with E-state index < -0.39 is 0 Å². The number of hydrogen-bond donors (Lipinski definition) is 0. The standard InChI is InChI=1S/C20H38O4/c1-4-7-8-9-10-11-12-13-16-18(24-20(22)15-6-3)17-23-19(21)14-5-2/h18H,4-17H2,1-3H3. The summed E-state index contributed by atoms with van der Waals surface area (Å²) in [6, 6.07) is 0. The lowest BCUT2D eigenvalue weighted by molar-refractivity contribution is -0.159. The predicted molar refractivity (Wildman–Crippen MR) is 97.9 cm³/mol. The second-order valence-corrected chi connectivity index (χ2v) is 6.56. The van der Waals surface area contributed by atoms with E-state index in [9.17, 15) is 9.59 Å². The van der Waals surface area contributed by atoms with Crippen molar-refractivity contribution in [2.45, 2.75) is 110 Å². The number of rotatable bonds is 16. The molecule has 142 valence electrons. The molecule has 24 heavy (non-hydrogen) atoms. The molecule has 1 atom stereocenters. The van der Waals surface area contributed by atoms with E-state index in [0.717, 1.165) is 32.1 Å². The number of carbonyl (C=O) groups is 2. The Balaban J connectivity index is 3.96. The van der Waals surface area contributed by atoms with Crippen molar-refractivity contribution < 1.29 is 19.1 Å². The van der Waals surface area contributed by atoms with Gasteiger partial charge in [0, 0.05) is 12.8 Å². The average Bonchev–Trinajstić information content (AvgIpc) is 2.55. The van der Waals surface area contributed by atoms with Crippen LogP contribution >= 0.6 is 0 Å². The van der Waals surface area contributed by atoms with E-state index in [1.807, 2.05) is 13.8 Å². The molecule has 0 aliphatic rings. The van der Waals surface area contributed by atoms with Crippen molar-refractivity contribution >= 4 is 11.9 Å². The first-order valence-corrected chi connectivity index (χ1v) is 9.99. The molecule has 0 aliphatic carbocycles. The predicted octanol–water partition coefficient (Wildman–Crippen LogP) is 5.57. The van der Waals surface area contributed by atoms with E-state index in [2.05, 4.69) is 6.92 Å². The van der Waals surface area contributed by atoms with Gasteiger partial charge in [0.2, 0.25) is 0 Å². The fourth-order valence-corrected chi connectivity index (χ4v) is 2.59. The summed E-state index contributed by atoms with van der Waals surface area (Å²) in [6.45, 7) is 6.33.